The van der Waals surface area contributed by atoms with Crippen molar-refractivity contribution in [2.75, 3.05) is 45.9 Å². The van der Waals surface area contributed by atoms with Crippen LogP contribution in [-0.4, -0.2) is 69.8 Å². The van der Waals surface area contributed by atoms with Crippen LogP contribution < -0.4 is 24.4 Å². The fraction of sp³-hybridized carbons (Fsp3) is 0.600. The van der Waals surface area contributed by atoms with Crippen molar-refractivity contribution in [3.05, 3.63) is 12.1 Å². The first-order chi connectivity index (χ1) is 13.4. The van der Waals surface area contributed by atoms with Gasteiger partial charge in [-0.2, -0.15) is 0 Å². The zero-order valence-electron chi connectivity index (χ0n) is 17.6. The Morgan fingerprint density at radius 2 is 1.72 bits per heavy atom. The summed E-state index contributed by atoms with van der Waals surface area (Å²) in [6.07, 6.45) is 0.209. The zero-order valence-corrected chi connectivity index (χ0v) is 18.4. The van der Waals surface area contributed by atoms with Crippen LogP contribution in [0, 0.1) is 5.92 Å². The monoisotopic (exact) mass is 427 g/mol. The number of nitrogens with one attached hydrogen (secondary N) is 1. The average molecular weight is 428 g/mol. The highest BCUT2D eigenvalue weighted by atomic mass is 35.5. The number of hydrogen-bond donors (Lipinski definition) is 1. The van der Waals surface area contributed by atoms with Crippen molar-refractivity contribution in [1.29, 1.82) is 0 Å². The fourth-order valence-electron chi connectivity index (χ4n) is 3.95. The van der Waals surface area contributed by atoms with Crippen molar-refractivity contribution >= 4 is 29.9 Å². The highest BCUT2D eigenvalue weighted by Crippen LogP contribution is 2.42. The summed E-state index contributed by atoms with van der Waals surface area (Å²) in [6, 6.07) is 3.82. The summed E-state index contributed by atoms with van der Waals surface area (Å²) in [4.78, 5) is 29.3. The van der Waals surface area contributed by atoms with Crippen LogP contribution in [0.1, 0.15) is 20.3 Å². The molecule has 2 amide bonds. The summed E-state index contributed by atoms with van der Waals surface area (Å²) in [6.45, 7) is 5.91. The molecular formula is C20H30ClN3O5. The Kier molecular flexibility index (Phi) is 7.60. The second kappa shape index (κ2) is 9.54. The van der Waals surface area contributed by atoms with E-state index in [2.05, 4.69) is 12.2 Å². The van der Waals surface area contributed by atoms with Gasteiger partial charge in [-0.1, -0.05) is 0 Å². The Hall–Kier alpha value is -2.19. The third-order valence-corrected chi connectivity index (χ3v) is 5.75. The maximum absolute atomic E-state index is 13.1. The first-order valence-electron chi connectivity index (χ1n) is 9.55. The van der Waals surface area contributed by atoms with E-state index in [1.807, 2.05) is 11.8 Å². The van der Waals surface area contributed by atoms with Crippen molar-refractivity contribution in [3.8, 4) is 17.2 Å². The van der Waals surface area contributed by atoms with Crippen LogP contribution in [0.3, 0.4) is 0 Å². The molecule has 1 aromatic carbocycles. The lowest BCUT2D eigenvalue weighted by Gasteiger charge is -2.39. The van der Waals surface area contributed by atoms with Gasteiger partial charge in [0, 0.05) is 50.3 Å². The van der Waals surface area contributed by atoms with Crippen LogP contribution in [0.5, 0.6) is 17.2 Å². The minimum absolute atomic E-state index is 0. The van der Waals surface area contributed by atoms with E-state index in [0.29, 0.717) is 36.0 Å². The van der Waals surface area contributed by atoms with Crippen LogP contribution >= 0.6 is 12.4 Å². The molecule has 29 heavy (non-hydrogen) atoms. The van der Waals surface area contributed by atoms with E-state index in [4.69, 9.17) is 14.2 Å². The second-order valence-electron chi connectivity index (χ2n) is 7.30. The van der Waals surface area contributed by atoms with Crippen LogP contribution in [-0.2, 0) is 9.59 Å². The third kappa shape index (κ3) is 4.38. The molecule has 2 aliphatic rings. The van der Waals surface area contributed by atoms with Gasteiger partial charge in [-0.15, -0.1) is 12.4 Å². The predicted molar refractivity (Wildman–Crippen MR) is 112 cm³/mol. The van der Waals surface area contributed by atoms with Gasteiger partial charge in [0.1, 0.15) is 0 Å². The normalized spacial score (nSPS) is 24.2. The Balaban J connectivity index is 0.00000300. The van der Waals surface area contributed by atoms with E-state index in [9.17, 15) is 9.59 Å². The van der Waals surface area contributed by atoms with Crippen molar-refractivity contribution in [2.24, 2.45) is 5.92 Å². The van der Waals surface area contributed by atoms with E-state index in [0.717, 1.165) is 6.54 Å². The molecule has 0 radical (unpaired) electrons. The molecule has 1 N–H and O–H groups in total. The van der Waals surface area contributed by atoms with Crippen molar-refractivity contribution in [3.63, 3.8) is 0 Å². The van der Waals surface area contributed by atoms with E-state index in [1.54, 1.807) is 17.0 Å². The lowest BCUT2D eigenvalue weighted by atomic mass is 10.0. The number of piperazine rings is 1. The van der Waals surface area contributed by atoms with Gasteiger partial charge in [0.15, 0.2) is 11.5 Å². The van der Waals surface area contributed by atoms with Gasteiger partial charge < -0.3 is 29.3 Å². The smallest absolute Gasteiger partial charge is 0.228 e. The number of halogens is 1. The van der Waals surface area contributed by atoms with E-state index >= 15 is 0 Å². The molecule has 162 valence electrons. The number of ether oxygens (including phenoxy) is 3. The van der Waals surface area contributed by atoms with Gasteiger partial charge in [-0.3, -0.25) is 9.59 Å². The number of hydrogen-bond acceptors (Lipinski definition) is 6. The largest absolute Gasteiger partial charge is 0.493 e. The molecule has 2 aliphatic heterocycles. The number of carbonyl (C=O) groups is 2. The number of methoxy groups -OCH3 is 3. The summed E-state index contributed by atoms with van der Waals surface area (Å²) >= 11 is 0. The van der Waals surface area contributed by atoms with Crippen molar-refractivity contribution in [2.45, 2.75) is 32.4 Å². The van der Waals surface area contributed by atoms with Crippen molar-refractivity contribution < 1.29 is 23.8 Å². The first-order valence-corrected chi connectivity index (χ1v) is 9.55. The molecule has 0 saturated carbocycles. The number of nitrogens with zero attached hydrogens (tertiary/aromatic N) is 2. The van der Waals surface area contributed by atoms with Gasteiger partial charge in [0.05, 0.1) is 32.9 Å². The topological polar surface area (TPSA) is 80.3 Å². The first kappa shape index (κ1) is 23.1. The van der Waals surface area contributed by atoms with Gasteiger partial charge in [-0.25, -0.2) is 0 Å². The van der Waals surface area contributed by atoms with Crippen LogP contribution in [0.2, 0.25) is 0 Å². The van der Waals surface area contributed by atoms with Gasteiger partial charge in [0.2, 0.25) is 17.6 Å². The third-order valence-electron chi connectivity index (χ3n) is 5.75. The molecule has 0 aromatic heterocycles. The second-order valence-corrected chi connectivity index (χ2v) is 7.30. The number of carbonyl (C=O) groups excluding carboxylic acids is 2. The Bertz CT molecular complexity index is 735. The highest BCUT2D eigenvalue weighted by Gasteiger charge is 2.40. The van der Waals surface area contributed by atoms with Crippen molar-refractivity contribution in [1.82, 2.24) is 10.2 Å². The molecule has 1 aromatic rings. The molecule has 2 heterocycles. The standard InChI is InChI=1S/C20H29N3O5.ClH/c1-12-13(2)22(7-6-21-12)20(25)14-8-18(24)23(11-14)15-9-16(26-3)19(28-5)17(10-15)27-4;/h9-10,12-14,21H,6-8,11H2,1-5H3;1H. The molecule has 0 aliphatic carbocycles. The Morgan fingerprint density at radius 1 is 1.10 bits per heavy atom. The minimum atomic E-state index is -0.348. The molecule has 0 spiro atoms. The molecule has 9 heteroatoms. The SMILES string of the molecule is COc1cc(N2CC(C(=O)N3CCNC(C)C3C)CC2=O)cc(OC)c1OC.Cl. The molecular weight excluding hydrogens is 398 g/mol. The zero-order chi connectivity index (χ0) is 20.4. The highest BCUT2D eigenvalue weighted by molar-refractivity contribution is 6.00. The maximum Gasteiger partial charge on any atom is 0.228 e. The molecule has 8 nitrogen and oxygen atoms in total. The van der Waals surface area contributed by atoms with Gasteiger partial charge in [-0.05, 0) is 13.8 Å². The molecule has 2 saturated heterocycles. The lowest BCUT2D eigenvalue weighted by Crippen LogP contribution is -2.58. The number of anilines is 1. The van der Waals surface area contributed by atoms with Crippen LogP contribution in [0.15, 0.2) is 12.1 Å². The van der Waals surface area contributed by atoms with Gasteiger partial charge in [0.25, 0.3) is 0 Å². The summed E-state index contributed by atoms with van der Waals surface area (Å²) in [5, 5.41) is 3.38. The predicted octanol–water partition coefficient (Wildman–Crippen LogP) is 1.70. The average Bonchev–Trinajstić information content (AvgIpc) is 3.10. The number of rotatable bonds is 5. The van der Waals surface area contributed by atoms with Crippen LogP contribution in [0.25, 0.3) is 0 Å². The number of benzene rings is 1. The summed E-state index contributed by atoms with van der Waals surface area (Å²) in [5.74, 6) is 1.04. The molecule has 0 bridgehead atoms. The van der Waals surface area contributed by atoms with E-state index in [1.165, 1.54) is 21.3 Å². The fourth-order valence-corrected chi connectivity index (χ4v) is 3.95. The lowest BCUT2D eigenvalue weighted by molar-refractivity contribution is -0.139. The maximum atomic E-state index is 13.1. The number of amides is 2. The molecule has 2 fully saturated rings. The Labute approximate surface area is 177 Å². The minimum Gasteiger partial charge on any atom is -0.493 e. The van der Waals surface area contributed by atoms with E-state index in [-0.39, 0.29) is 48.6 Å². The summed E-state index contributed by atoms with van der Waals surface area (Å²) in [7, 11) is 4.60. The van der Waals surface area contributed by atoms with Crippen LogP contribution in [0.4, 0.5) is 5.69 Å². The van der Waals surface area contributed by atoms with E-state index < -0.39 is 0 Å². The summed E-state index contributed by atoms with van der Waals surface area (Å²) < 4.78 is 16.1. The molecule has 3 unspecified atom stereocenters. The van der Waals surface area contributed by atoms with Gasteiger partial charge >= 0.3 is 0 Å². The quantitative estimate of drug-likeness (QED) is 0.770. The Morgan fingerprint density at radius 3 is 2.28 bits per heavy atom. The molecule has 3 rings (SSSR count). The molecule has 3 atom stereocenters. The summed E-state index contributed by atoms with van der Waals surface area (Å²) in [5.41, 5.74) is 0.636.